The number of aryl methyl sites for hydroxylation is 2. The smallest absolute Gasteiger partial charge is 0.243 e. The van der Waals surface area contributed by atoms with Crippen LogP contribution in [0.1, 0.15) is 22.8 Å². The summed E-state index contributed by atoms with van der Waals surface area (Å²) < 4.78 is 38.4. The molecular formula is C19H23NO4S. The van der Waals surface area contributed by atoms with E-state index >= 15 is 0 Å². The molecule has 25 heavy (non-hydrogen) atoms. The van der Waals surface area contributed by atoms with Gasteiger partial charge in [0.05, 0.1) is 24.7 Å². The van der Waals surface area contributed by atoms with Crippen LogP contribution in [-0.4, -0.2) is 39.5 Å². The number of sulfonamides is 1. The minimum Gasteiger partial charge on any atom is -0.497 e. The van der Waals surface area contributed by atoms with Crippen LogP contribution in [0.15, 0.2) is 47.4 Å². The van der Waals surface area contributed by atoms with Crippen LogP contribution in [0.3, 0.4) is 0 Å². The Labute approximate surface area is 149 Å². The van der Waals surface area contributed by atoms with E-state index in [4.69, 9.17) is 9.47 Å². The standard InChI is InChI=1S/C19H23NO4S/c1-14-4-9-18(12-15(14)2)25(21,22)20-10-11-24-19(13-20)16-5-7-17(23-3)8-6-16/h4-9,12,19H,10-11,13H2,1-3H3. The Morgan fingerprint density at radius 2 is 1.80 bits per heavy atom. The minimum atomic E-state index is -3.53. The molecule has 1 aliphatic rings. The largest absolute Gasteiger partial charge is 0.497 e. The van der Waals surface area contributed by atoms with E-state index in [1.807, 2.05) is 44.2 Å². The Morgan fingerprint density at radius 1 is 1.08 bits per heavy atom. The third-order valence-electron chi connectivity index (χ3n) is 4.63. The molecule has 2 aromatic carbocycles. The highest BCUT2D eigenvalue weighted by atomic mass is 32.2. The van der Waals surface area contributed by atoms with E-state index in [9.17, 15) is 8.42 Å². The first-order valence-electron chi connectivity index (χ1n) is 8.25. The molecule has 134 valence electrons. The number of benzene rings is 2. The monoisotopic (exact) mass is 361 g/mol. The SMILES string of the molecule is COc1ccc(C2CN(S(=O)(=O)c3ccc(C)c(C)c3)CCO2)cc1. The summed E-state index contributed by atoms with van der Waals surface area (Å²) in [6.07, 6.45) is -0.277. The van der Waals surface area contributed by atoms with Crippen LogP contribution >= 0.6 is 0 Å². The molecule has 0 N–H and O–H groups in total. The predicted octanol–water partition coefficient (Wildman–Crippen LogP) is 3.07. The first-order valence-corrected chi connectivity index (χ1v) is 9.69. The maximum absolute atomic E-state index is 13.0. The van der Waals surface area contributed by atoms with E-state index in [1.54, 1.807) is 19.2 Å². The molecule has 0 aromatic heterocycles. The topological polar surface area (TPSA) is 55.8 Å². The van der Waals surface area contributed by atoms with Crippen molar-refractivity contribution in [2.24, 2.45) is 0 Å². The second-order valence-electron chi connectivity index (χ2n) is 6.24. The number of rotatable bonds is 4. The average molecular weight is 361 g/mol. The zero-order valence-corrected chi connectivity index (χ0v) is 15.5. The second kappa shape index (κ2) is 7.15. The molecule has 0 saturated carbocycles. The van der Waals surface area contributed by atoms with E-state index in [2.05, 4.69) is 0 Å². The van der Waals surface area contributed by atoms with Gasteiger partial charge in [-0.2, -0.15) is 4.31 Å². The molecule has 0 amide bonds. The summed E-state index contributed by atoms with van der Waals surface area (Å²) in [7, 11) is -1.91. The van der Waals surface area contributed by atoms with Crippen molar-refractivity contribution in [2.75, 3.05) is 26.8 Å². The summed E-state index contributed by atoms with van der Waals surface area (Å²) in [6, 6.07) is 12.8. The van der Waals surface area contributed by atoms with Gasteiger partial charge in [0.2, 0.25) is 10.0 Å². The molecule has 0 radical (unpaired) electrons. The van der Waals surface area contributed by atoms with Crippen molar-refractivity contribution in [1.29, 1.82) is 0 Å². The number of methoxy groups -OCH3 is 1. The third-order valence-corrected chi connectivity index (χ3v) is 6.49. The van der Waals surface area contributed by atoms with Gasteiger partial charge in [-0.1, -0.05) is 18.2 Å². The molecule has 1 heterocycles. The Bertz CT molecular complexity index is 846. The summed E-state index contributed by atoms with van der Waals surface area (Å²) in [4.78, 5) is 0.339. The third kappa shape index (κ3) is 3.71. The van der Waals surface area contributed by atoms with Gasteiger partial charge in [0.25, 0.3) is 0 Å². The molecule has 1 saturated heterocycles. The van der Waals surface area contributed by atoms with Crippen molar-refractivity contribution in [3.63, 3.8) is 0 Å². The Balaban J connectivity index is 1.83. The Morgan fingerprint density at radius 3 is 2.44 bits per heavy atom. The molecular weight excluding hydrogens is 338 g/mol. The minimum absolute atomic E-state index is 0.277. The van der Waals surface area contributed by atoms with Gasteiger partial charge in [0.1, 0.15) is 5.75 Å². The molecule has 0 aliphatic carbocycles. The summed E-state index contributed by atoms with van der Waals surface area (Å²) in [5.74, 6) is 0.763. The highest BCUT2D eigenvalue weighted by Crippen LogP contribution is 2.28. The summed E-state index contributed by atoms with van der Waals surface area (Å²) in [6.45, 7) is 4.94. The van der Waals surface area contributed by atoms with Crippen LogP contribution in [0.4, 0.5) is 0 Å². The van der Waals surface area contributed by atoms with Crippen LogP contribution in [0.2, 0.25) is 0 Å². The van der Waals surface area contributed by atoms with Gasteiger partial charge < -0.3 is 9.47 Å². The molecule has 1 fully saturated rings. The summed E-state index contributed by atoms with van der Waals surface area (Å²) >= 11 is 0. The number of ether oxygens (including phenoxy) is 2. The van der Waals surface area contributed by atoms with Gasteiger partial charge in [-0.05, 0) is 54.8 Å². The van der Waals surface area contributed by atoms with Crippen molar-refractivity contribution >= 4 is 10.0 Å². The highest BCUT2D eigenvalue weighted by molar-refractivity contribution is 7.89. The van der Waals surface area contributed by atoms with Crippen LogP contribution in [0.25, 0.3) is 0 Å². The van der Waals surface area contributed by atoms with Crippen LogP contribution in [-0.2, 0) is 14.8 Å². The van der Waals surface area contributed by atoms with Gasteiger partial charge in [0.15, 0.2) is 0 Å². The van der Waals surface area contributed by atoms with Crippen molar-refractivity contribution in [3.05, 3.63) is 59.2 Å². The molecule has 1 unspecified atom stereocenters. The lowest BCUT2D eigenvalue weighted by molar-refractivity contribution is -0.00257. The van der Waals surface area contributed by atoms with E-state index in [-0.39, 0.29) is 6.10 Å². The maximum Gasteiger partial charge on any atom is 0.243 e. The van der Waals surface area contributed by atoms with Gasteiger partial charge in [-0.3, -0.25) is 0 Å². The first-order chi connectivity index (χ1) is 11.9. The van der Waals surface area contributed by atoms with E-state index in [1.165, 1.54) is 4.31 Å². The number of hydrogen-bond donors (Lipinski definition) is 0. The van der Waals surface area contributed by atoms with Gasteiger partial charge in [-0.15, -0.1) is 0 Å². The predicted molar refractivity (Wildman–Crippen MR) is 96.4 cm³/mol. The van der Waals surface area contributed by atoms with Crippen LogP contribution in [0.5, 0.6) is 5.75 Å². The van der Waals surface area contributed by atoms with Crippen molar-refractivity contribution in [2.45, 2.75) is 24.8 Å². The lowest BCUT2D eigenvalue weighted by Gasteiger charge is -2.32. The molecule has 5 nitrogen and oxygen atoms in total. The van der Waals surface area contributed by atoms with Crippen LogP contribution in [0, 0.1) is 13.8 Å². The van der Waals surface area contributed by atoms with Gasteiger partial charge in [-0.25, -0.2) is 8.42 Å². The van der Waals surface area contributed by atoms with E-state index in [0.29, 0.717) is 24.6 Å². The zero-order valence-electron chi connectivity index (χ0n) is 14.7. The number of hydrogen-bond acceptors (Lipinski definition) is 4. The maximum atomic E-state index is 13.0. The fourth-order valence-corrected chi connectivity index (χ4v) is 4.40. The molecule has 2 aromatic rings. The quantitative estimate of drug-likeness (QED) is 0.840. The highest BCUT2D eigenvalue weighted by Gasteiger charge is 2.31. The molecule has 0 spiro atoms. The number of nitrogens with zero attached hydrogens (tertiary/aromatic N) is 1. The van der Waals surface area contributed by atoms with E-state index in [0.717, 1.165) is 22.4 Å². The lowest BCUT2D eigenvalue weighted by Crippen LogP contribution is -2.42. The summed E-state index contributed by atoms with van der Waals surface area (Å²) in [5.41, 5.74) is 3.00. The fourth-order valence-electron chi connectivity index (χ4n) is 2.89. The molecule has 6 heteroatoms. The molecule has 3 rings (SSSR count). The molecule has 1 aliphatic heterocycles. The lowest BCUT2D eigenvalue weighted by atomic mass is 10.1. The van der Waals surface area contributed by atoms with Crippen molar-refractivity contribution in [1.82, 2.24) is 4.31 Å². The fraction of sp³-hybridized carbons (Fsp3) is 0.368. The normalized spacial score (nSPS) is 18.9. The zero-order chi connectivity index (χ0) is 18.0. The summed E-state index contributed by atoms with van der Waals surface area (Å²) in [5, 5.41) is 0. The van der Waals surface area contributed by atoms with Gasteiger partial charge in [0, 0.05) is 13.1 Å². The molecule has 1 atom stereocenters. The van der Waals surface area contributed by atoms with Gasteiger partial charge >= 0.3 is 0 Å². The van der Waals surface area contributed by atoms with Crippen LogP contribution < -0.4 is 4.74 Å². The Kier molecular flexibility index (Phi) is 5.13. The Hall–Kier alpha value is -1.89. The van der Waals surface area contributed by atoms with Crippen molar-refractivity contribution in [3.8, 4) is 5.75 Å². The van der Waals surface area contributed by atoms with E-state index < -0.39 is 10.0 Å². The number of morpholine rings is 1. The first kappa shape index (κ1) is 17.9. The molecule has 0 bridgehead atoms. The second-order valence-corrected chi connectivity index (χ2v) is 8.18. The van der Waals surface area contributed by atoms with Crippen molar-refractivity contribution < 1.29 is 17.9 Å². The average Bonchev–Trinajstić information content (AvgIpc) is 2.64.